The van der Waals surface area contributed by atoms with Crippen LogP contribution >= 0.6 is 15.9 Å². The van der Waals surface area contributed by atoms with Crippen molar-refractivity contribution >= 4 is 31.9 Å². The predicted octanol–water partition coefficient (Wildman–Crippen LogP) is 1.32. The average molecular weight is 368 g/mol. The summed E-state index contributed by atoms with van der Waals surface area (Å²) in [4.78, 5) is 10.5. The highest BCUT2D eigenvalue weighted by Crippen LogP contribution is 2.27. The Balaban J connectivity index is 2.19. The van der Waals surface area contributed by atoms with Crippen molar-refractivity contribution in [3.8, 4) is 0 Å². The minimum absolute atomic E-state index is 0.154. The van der Waals surface area contributed by atoms with Gasteiger partial charge in [0.25, 0.3) is 0 Å². The lowest BCUT2D eigenvalue weighted by atomic mass is 9.94. The molecule has 1 aromatic rings. The van der Waals surface area contributed by atoms with Crippen LogP contribution < -0.4 is 4.72 Å². The van der Waals surface area contributed by atoms with E-state index >= 15 is 0 Å². The maximum atomic E-state index is 12.2. The Morgan fingerprint density at radius 3 is 2.70 bits per heavy atom. The third-order valence-corrected chi connectivity index (χ3v) is 5.50. The van der Waals surface area contributed by atoms with Crippen molar-refractivity contribution in [1.82, 2.24) is 4.72 Å². The molecular formula is C11H14BrNO6S. The van der Waals surface area contributed by atoms with Gasteiger partial charge in [-0.2, -0.15) is 0 Å². The summed E-state index contributed by atoms with van der Waals surface area (Å²) in [5.41, 5.74) is 0. The third kappa shape index (κ3) is 3.40. The molecule has 2 rings (SSSR count). The molecule has 0 spiro atoms. The largest absolute Gasteiger partial charge is 0.475 e. The number of rotatable bonds is 4. The summed E-state index contributed by atoms with van der Waals surface area (Å²) in [6.45, 7) is 0. The summed E-state index contributed by atoms with van der Waals surface area (Å²) in [6, 6.07) is 0.590. The second-order valence-corrected chi connectivity index (χ2v) is 7.10. The molecule has 1 fully saturated rings. The standard InChI is InChI=1S/C11H14BrNO6S/c12-10-9(5-8(19-10)11(15)16)20(17,18)13-6-2-1-3-7(14)4-6/h5-7,13-14H,1-4H2,(H,15,16). The van der Waals surface area contributed by atoms with Gasteiger partial charge in [-0.1, -0.05) is 0 Å². The summed E-state index contributed by atoms with van der Waals surface area (Å²) in [6.07, 6.45) is 1.87. The second kappa shape index (κ2) is 5.84. The van der Waals surface area contributed by atoms with E-state index in [0.29, 0.717) is 19.3 Å². The molecule has 1 aliphatic carbocycles. The van der Waals surface area contributed by atoms with Crippen molar-refractivity contribution < 1.29 is 27.8 Å². The van der Waals surface area contributed by atoms with E-state index < -0.39 is 27.9 Å². The molecule has 0 amide bonds. The van der Waals surface area contributed by atoms with Crippen LogP contribution in [0.5, 0.6) is 0 Å². The zero-order chi connectivity index (χ0) is 14.9. The zero-order valence-corrected chi connectivity index (χ0v) is 12.8. The van der Waals surface area contributed by atoms with Gasteiger partial charge in [-0.25, -0.2) is 17.9 Å². The molecule has 0 aliphatic heterocycles. The highest BCUT2D eigenvalue weighted by Gasteiger charge is 2.29. The number of sulfonamides is 1. The van der Waals surface area contributed by atoms with E-state index in [0.717, 1.165) is 12.5 Å². The average Bonchev–Trinajstić information content (AvgIpc) is 2.71. The summed E-state index contributed by atoms with van der Waals surface area (Å²) in [5.74, 6) is -1.80. The molecule has 20 heavy (non-hydrogen) atoms. The van der Waals surface area contributed by atoms with Crippen LogP contribution in [0.3, 0.4) is 0 Å². The monoisotopic (exact) mass is 367 g/mol. The first kappa shape index (κ1) is 15.5. The molecule has 0 radical (unpaired) electrons. The Hall–Kier alpha value is -0.900. The Bertz CT molecular complexity index is 610. The Labute approximate surface area is 124 Å². The van der Waals surface area contributed by atoms with Gasteiger partial charge < -0.3 is 14.6 Å². The first-order chi connectivity index (χ1) is 9.29. The van der Waals surface area contributed by atoms with E-state index in [1.165, 1.54) is 0 Å². The molecule has 1 aromatic heterocycles. The van der Waals surface area contributed by atoms with Gasteiger partial charge in [0.05, 0.1) is 6.10 Å². The van der Waals surface area contributed by atoms with Gasteiger partial charge in [0.1, 0.15) is 4.90 Å². The number of aliphatic hydroxyl groups excluding tert-OH is 1. The molecule has 3 N–H and O–H groups in total. The highest BCUT2D eigenvalue weighted by atomic mass is 79.9. The lowest BCUT2D eigenvalue weighted by Crippen LogP contribution is -2.39. The van der Waals surface area contributed by atoms with Gasteiger partial charge in [-0.05, 0) is 41.6 Å². The van der Waals surface area contributed by atoms with Gasteiger partial charge in [-0.15, -0.1) is 0 Å². The highest BCUT2D eigenvalue weighted by molar-refractivity contribution is 9.10. The first-order valence-electron chi connectivity index (χ1n) is 6.02. The molecule has 7 nitrogen and oxygen atoms in total. The van der Waals surface area contributed by atoms with Crippen LogP contribution in [0.1, 0.15) is 36.2 Å². The van der Waals surface area contributed by atoms with Gasteiger partial charge in [0, 0.05) is 12.1 Å². The van der Waals surface area contributed by atoms with Crippen molar-refractivity contribution in [1.29, 1.82) is 0 Å². The van der Waals surface area contributed by atoms with Crippen LogP contribution in [-0.4, -0.2) is 36.7 Å². The predicted molar refractivity (Wildman–Crippen MR) is 72.0 cm³/mol. The second-order valence-electron chi connectivity index (χ2n) is 4.69. The SMILES string of the molecule is O=C(O)c1cc(S(=O)(=O)NC2CCCC(O)C2)c(Br)o1. The normalized spacial score (nSPS) is 23.7. The summed E-state index contributed by atoms with van der Waals surface area (Å²) in [5, 5.41) is 18.3. The van der Waals surface area contributed by atoms with Gasteiger partial charge in [0.2, 0.25) is 15.8 Å². The topological polar surface area (TPSA) is 117 Å². The van der Waals surface area contributed by atoms with Crippen LogP contribution in [0.2, 0.25) is 0 Å². The van der Waals surface area contributed by atoms with Crippen LogP contribution in [0.15, 0.2) is 20.0 Å². The van der Waals surface area contributed by atoms with Crippen molar-refractivity contribution in [3.05, 3.63) is 16.5 Å². The molecule has 1 aliphatic rings. The van der Waals surface area contributed by atoms with Gasteiger partial charge >= 0.3 is 5.97 Å². The first-order valence-corrected chi connectivity index (χ1v) is 8.30. The fourth-order valence-electron chi connectivity index (χ4n) is 2.19. The lowest BCUT2D eigenvalue weighted by Gasteiger charge is -2.26. The Kier molecular flexibility index (Phi) is 4.52. The molecule has 9 heteroatoms. The van der Waals surface area contributed by atoms with Crippen molar-refractivity contribution in [2.75, 3.05) is 0 Å². The van der Waals surface area contributed by atoms with Gasteiger partial charge in [0.15, 0.2) is 4.67 Å². The fourth-order valence-corrected chi connectivity index (χ4v) is 4.42. The zero-order valence-electron chi connectivity index (χ0n) is 10.4. The minimum Gasteiger partial charge on any atom is -0.475 e. The van der Waals surface area contributed by atoms with Crippen LogP contribution in [0, 0.1) is 0 Å². The summed E-state index contributed by atoms with van der Waals surface area (Å²) >= 11 is 2.90. The smallest absolute Gasteiger partial charge is 0.371 e. The maximum absolute atomic E-state index is 12.2. The van der Waals surface area contributed by atoms with E-state index in [9.17, 15) is 18.3 Å². The number of aromatic carboxylic acids is 1. The van der Waals surface area contributed by atoms with Crippen LogP contribution in [-0.2, 0) is 10.0 Å². The van der Waals surface area contributed by atoms with E-state index in [2.05, 4.69) is 20.7 Å². The van der Waals surface area contributed by atoms with Crippen LogP contribution in [0.25, 0.3) is 0 Å². The Morgan fingerprint density at radius 2 is 2.15 bits per heavy atom. The molecule has 112 valence electrons. The molecule has 1 heterocycles. The number of aliphatic hydroxyl groups is 1. The van der Waals surface area contributed by atoms with Crippen molar-refractivity contribution in [2.45, 2.75) is 42.7 Å². The summed E-state index contributed by atoms with van der Waals surface area (Å²) in [7, 11) is -3.89. The van der Waals surface area contributed by atoms with Crippen molar-refractivity contribution in [3.63, 3.8) is 0 Å². The number of nitrogens with one attached hydrogen (secondary N) is 1. The number of carbonyl (C=O) groups is 1. The molecule has 2 unspecified atom stereocenters. The van der Waals surface area contributed by atoms with Crippen LogP contribution in [0.4, 0.5) is 0 Å². The molecule has 0 bridgehead atoms. The van der Waals surface area contributed by atoms with Crippen molar-refractivity contribution in [2.24, 2.45) is 0 Å². The molecule has 0 saturated heterocycles. The maximum Gasteiger partial charge on any atom is 0.371 e. The number of hydrogen-bond acceptors (Lipinski definition) is 5. The quantitative estimate of drug-likeness (QED) is 0.738. The Morgan fingerprint density at radius 1 is 1.45 bits per heavy atom. The van der Waals surface area contributed by atoms with E-state index in [1.807, 2.05) is 0 Å². The third-order valence-electron chi connectivity index (χ3n) is 3.12. The number of furan rings is 1. The number of carboxylic acid groups (broad SMARTS) is 1. The number of carboxylic acids is 1. The molecular weight excluding hydrogens is 354 g/mol. The van der Waals surface area contributed by atoms with E-state index in [1.54, 1.807) is 0 Å². The molecule has 0 aromatic carbocycles. The number of halogens is 1. The lowest BCUT2D eigenvalue weighted by molar-refractivity contribution is 0.0661. The minimum atomic E-state index is -3.89. The molecule has 2 atom stereocenters. The van der Waals surface area contributed by atoms with E-state index in [4.69, 9.17) is 9.52 Å². The number of hydrogen-bond donors (Lipinski definition) is 3. The summed E-state index contributed by atoms with van der Waals surface area (Å²) < 4.78 is 31.5. The van der Waals surface area contributed by atoms with E-state index in [-0.39, 0.29) is 15.6 Å². The van der Waals surface area contributed by atoms with Gasteiger partial charge in [-0.3, -0.25) is 0 Å². The fraction of sp³-hybridized carbons (Fsp3) is 0.545. The molecule has 1 saturated carbocycles.